The van der Waals surface area contributed by atoms with Crippen molar-refractivity contribution in [3.8, 4) is 0 Å². The summed E-state index contributed by atoms with van der Waals surface area (Å²) in [5.74, 6) is -0.0492. The molecule has 0 aliphatic carbocycles. The van der Waals surface area contributed by atoms with E-state index in [4.69, 9.17) is 0 Å². The van der Waals surface area contributed by atoms with E-state index in [0.29, 0.717) is 12.1 Å². The van der Waals surface area contributed by atoms with Gasteiger partial charge in [-0.1, -0.05) is 19.1 Å². The number of carbonyl (C=O) groups excluding carboxylic acids is 1. The summed E-state index contributed by atoms with van der Waals surface area (Å²) in [6.07, 6.45) is 4.71. The van der Waals surface area contributed by atoms with Gasteiger partial charge in [0, 0.05) is 30.4 Å². The van der Waals surface area contributed by atoms with Gasteiger partial charge in [0.1, 0.15) is 0 Å². The van der Waals surface area contributed by atoms with Gasteiger partial charge in [0.2, 0.25) is 0 Å². The van der Waals surface area contributed by atoms with Gasteiger partial charge >= 0.3 is 0 Å². The summed E-state index contributed by atoms with van der Waals surface area (Å²) < 4.78 is 1.84. The number of hydrogen-bond donors (Lipinski definition) is 1. The third kappa shape index (κ3) is 3.44. The maximum absolute atomic E-state index is 12.0. The number of aromatic nitrogens is 2. The van der Waals surface area contributed by atoms with E-state index in [0.717, 1.165) is 18.5 Å². The molecule has 1 N–H and O–H groups in total. The molecule has 19 heavy (non-hydrogen) atoms. The molecule has 0 fully saturated rings. The van der Waals surface area contributed by atoms with E-state index in [9.17, 15) is 4.79 Å². The Morgan fingerprint density at radius 2 is 1.95 bits per heavy atom. The molecule has 1 aromatic carbocycles. The lowest BCUT2D eigenvalue weighted by atomic mass is 10.1. The fraction of sp³-hybridized carbons (Fsp3) is 0.333. The molecule has 4 nitrogen and oxygen atoms in total. The second-order valence-corrected chi connectivity index (χ2v) is 4.44. The van der Waals surface area contributed by atoms with Gasteiger partial charge in [-0.25, -0.2) is 0 Å². The van der Waals surface area contributed by atoms with Crippen molar-refractivity contribution in [3.05, 3.63) is 53.3 Å². The first kappa shape index (κ1) is 13.3. The van der Waals surface area contributed by atoms with Crippen LogP contribution in [0.1, 0.15) is 35.3 Å². The molecule has 1 heterocycles. The summed E-state index contributed by atoms with van der Waals surface area (Å²) in [5, 5.41) is 7.07. The highest BCUT2D eigenvalue weighted by atomic mass is 16.1. The van der Waals surface area contributed by atoms with E-state index >= 15 is 0 Å². The Morgan fingerprint density at radius 3 is 2.53 bits per heavy atom. The summed E-state index contributed by atoms with van der Waals surface area (Å²) in [4.78, 5) is 12.0. The standard InChI is InChI=1S/C15H19N3O/c1-3-12-5-7-14(8-6-12)15(19)16-9-13-10-17-18(4-2)11-13/h5-8,10-11H,3-4,9H2,1-2H3,(H,16,19). The molecule has 1 amide bonds. The normalized spacial score (nSPS) is 10.4. The second kappa shape index (κ2) is 6.18. The Kier molecular flexibility index (Phi) is 4.34. The van der Waals surface area contributed by atoms with Gasteiger partial charge in [-0.15, -0.1) is 0 Å². The number of rotatable bonds is 5. The molecule has 0 radical (unpaired) electrons. The molecular formula is C15H19N3O. The average Bonchev–Trinajstić information content (AvgIpc) is 2.93. The first-order chi connectivity index (χ1) is 9.22. The highest BCUT2D eigenvalue weighted by Gasteiger charge is 2.05. The van der Waals surface area contributed by atoms with Crippen molar-refractivity contribution in [2.45, 2.75) is 33.4 Å². The zero-order valence-corrected chi connectivity index (χ0v) is 11.4. The molecule has 2 aromatic rings. The minimum Gasteiger partial charge on any atom is -0.348 e. The monoisotopic (exact) mass is 257 g/mol. The number of carbonyl (C=O) groups is 1. The van der Waals surface area contributed by atoms with E-state index in [1.165, 1.54) is 5.56 Å². The Labute approximate surface area is 113 Å². The van der Waals surface area contributed by atoms with Crippen molar-refractivity contribution in [3.63, 3.8) is 0 Å². The predicted octanol–water partition coefficient (Wildman–Crippen LogP) is 2.40. The van der Waals surface area contributed by atoms with Crippen LogP contribution < -0.4 is 5.32 Å². The fourth-order valence-electron chi connectivity index (χ4n) is 1.85. The molecule has 0 atom stereocenters. The SMILES string of the molecule is CCc1ccc(C(=O)NCc2cnn(CC)c2)cc1. The van der Waals surface area contributed by atoms with Gasteiger partial charge in [-0.2, -0.15) is 5.10 Å². The Morgan fingerprint density at radius 1 is 1.21 bits per heavy atom. The molecule has 100 valence electrons. The largest absolute Gasteiger partial charge is 0.348 e. The van der Waals surface area contributed by atoms with Gasteiger partial charge in [0.15, 0.2) is 0 Å². The minimum absolute atomic E-state index is 0.0492. The summed E-state index contributed by atoms with van der Waals surface area (Å²) >= 11 is 0. The summed E-state index contributed by atoms with van der Waals surface area (Å²) in [7, 11) is 0. The topological polar surface area (TPSA) is 46.9 Å². The number of benzene rings is 1. The van der Waals surface area contributed by atoms with Gasteiger partial charge in [-0.3, -0.25) is 9.48 Å². The minimum atomic E-state index is -0.0492. The highest BCUT2D eigenvalue weighted by Crippen LogP contribution is 2.05. The van der Waals surface area contributed by atoms with E-state index in [1.54, 1.807) is 6.20 Å². The molecule has 2 rings (SSSR count). The van der Waals surface area contributed by atoms with Crippen LogP contribution >= 0.6 is 0 Å². The molecule has 0 aliphatic rings. The number of hydrogen-bond acceptors (Lipinski definition) is 2. The van der Waals surface area contributed by atoms with Gasteiger partial charge in [0.05, 0.1) is 6.20 Å². The van der Waals surface area contributed by atoms with Gasteiger partial charge < -0.3 is 5.32 Å². The van der Waals surface area contributed by atoms with Crippen molar-refractivity contribution < 1.29 is 4.79 Å². The van der Waals surface area contributed by atoms with Crippen molar-refractivity contribution in [1.29, 1.82) is 0 Å². The summed E-state index contributed by atoms with van der Waals surface area (Å²) in [6, 6.07) is 7.71. The number of nitrogens with zero attached hydrogens (tertiary/aromatic N) is 2. The second-order valence-electron chi connectivity index (χ2n) is 4.44. The van der Waals surface area contributed by atoms with Crippen molar-refractivity contribution in [1.82, 2.24) is 15.1 Å². The van der Waals surface area contributed by atoms with Crippen molar-refractivity contribution in [2.24, 2.45) is 0 Å². The molecule has 0 spiro atoms. The lowest BCUT2D eigenvalue weighted by Crippen LogP contribution is -2.22. The van der Waals surface area contributed by atoms with Crippen molar-refractivity contribution >= 4 is 5.91 Å². The molecule has 0 bridgehead atoms. The lowest BCUT2D eigenvalue weighted by Gasteiger charge is -2.04. The van der Waals surface area contributed by atoms with E-state index < -0.39 is 0 Å². The molecule has 1 aromatic heterocycles. The zero-order chi connectivity index (χ0) is 13.7. The van der Waals surface area contributed by atoms with E-state index in [1.807, 2.05) is 42.1 Å². The molecular weight excluding hydrogens is 238 g/mol. The first-order valence-electron chi connectivity index (χ1n) is 6.61. The van der Waals surface area contributed by atoms with Crippen LogP contribution in [0.2, 0.25) is 0 Å². The van der Waals surface area contributed by atoms with Crippen LogP contribution in [0.5, 0.6) is 0 Å². The smallest absolute Gasteiger partial charge is 0.251 e. The molecule has 4 heteroatoms. The maximum atomic E-state index is 12.0. The highest BCUT2D eigenvalue weighted by molar-refractivity contribution is 5.94. The van der Waals surface area contributed by atoms with Crippen LogP contribution in [0.4, 0.5) is 0 Å². The predicted molar refractivity (Wildman–Crippen MR) is 74.9 cm³/mol. The van der Waals surface area contributed by atoms with Crippen molar-refractivity contribution in [2.75, 3.05) is 0 Å². The summed E-state index contributed by atoms with van der Waals surface area (Å²) in [6.45, 7) is 5.48. The molecule has 0 saturated heterocycles. The number of aryl methyl sites for hydroxylation is 2. The molecule has 0 aliphatic heterocycles. The van der Waals surface area contributed by atoms with Gasteiger partial charge in [-0.05, 0) is 31.0 Å². The van der Waals surface area contributed by atoms with Crippen LogP contribution in [-0.4, -0.2) is 15.7 Å². The Balaban J connectivity index is 1.93. The molecule has 0 saturated carbocycles. The number of amides is 1. The Hall–Kier alpha value is -2.10. The Bertz CT molecular complexity index is 543. The number of nitrogens with one attached hydrogen (secondary N) is 1. The zero-order valence-electron chi connectivity index (χ0n) is 11.4. The average molecular weight is 257 g/mol. The third-order valence-electron chi connectivity index (χ3n) is 3.09. The van der Waals surface area contributed by atoms with Crippen LogP contribution in [-0.2, 0) is 19.5 Å². The van der Waals surface area contributed by atoms with E-state index in [2.05, 4.69) is 17.3 Å². The fourth-order valence-corrected chi connectivity index (χ4v) is 1.85. The first-order valence-corrected chi connectivity index (χ1v) is 6.61. The van der Waals surface area contributed by atoms with Crippen LogP contribution in [0.15, 0.2) is 36.7 Å². The van der Waals surface area contributed by atoms with Crippen LogP contribution in [0, 0.1) is 0 Å². The lowest BCUT2D eigenvalue weighted by molar-refractivity contribution is 0.0951. The summed E-state index contributed by atoms with van der Waals surface area (Å²) in [5.41, 5.74) is 2.95. The molecule has 0 unspecified atom stereocenters. The van der Waals surface area contributed by atoms with Crippen LogP contribution in [0.25, 0.3) is 0 Å². The van der Waals surface area contributed by atoms with E-state index in [-0.39, 0.29) is 5.91 Å². The van der Waals surface area contributed by atoms with Crippen LogP contribution in [0.3, 0.4) is 0 Å². The third-order valence-corrected chi connectivity index (χ3v) is 3.09. The quantitative estimate of drug-likeness (QED) is 0.894. The maximum Gasteiger partial charge on any atom is 0.251 e. The van der Waals surface area contributed by atoms with Gasteiger partial charge in [0.25, 0.3) is 5.91 Å².